The fourth-order valence-electron chi connectivity index (χ4n) is 0.970. The molecule has 1 aromatic rings. The normalized spacial score (nSPS) is 13.2. The third-order valence-corrected chi connectivity index (χ3v) is 1.66. The first kappa shape index (κ1) is 12.8. The number of rotatable bonds is 2. The molecule has 0 bridgehead atoms. The minimum Gasteiger partial charge on any atom is -0.508 e. The van der Waals surface area contributed by atoms with Crippen LogP contribution in [0.5, 0.6) is 5.75 Å². The van der Waals surface area contributed by atoms with E-state index in [1.54, 1.807) is 18.2 Å². The summed E-state index contributed by atoms with van der Waals surface area (Å²) in [6.45, 7) is 1.21. The summed E-state index contributed by atoms with van der Waals surface area (Å²) in [4.78, 5) is 8.99. The van der Waals surface area contributed by atoms with E-state index in [1.165, 1.54) is 19.7 Å². The second kappa shape index (κ2) is 7.98. The standard InChI is InChI=1S/C8H9NO2.C3H5NO2/c1-11-9-6-7-3-2-4-8(10)5-7;1-2-6-4-3-5-1/h2-6,10H,1H3;3H,1-2H2/b9-6+;. The van der Waals surface area contributed by atoms with Gasteiger partial charge in [-0.05, 0) is 17.7 Å². The van der Waals surface area contributed by atoms with Crippen LogP contribution < -0.4 is 0 Å². The predicted molar refractivity (Wildman–Crippen MR) is 63.1 cm³/mol. The lowest BCUT2D eigenvalue weighted by Gasteiger charge is -2.02. The first-order valence-electron chi connectivity index (χ1n) is 4.94. The van der Waals surface area contributed by atoms with Crippen molar-refractivity contribution >= 4 is 12.6 Å². The van der Waals surface area contributed by atoms with Crippen LogP contribution in [0, 0.1) is 0 Å². The smallest absolute Gasteiger partial charge is 0.212 e. The van der Waals surface area contributed by atoms with E-state index in [2.05, 4.69) is 24.7 Å². The van der Waals surface area contributed by atoms with Crippen molar-refractivity contribution in [2.75, 3.05) is 20.3 Å². The van der Waals surface area contributed by atoms with E-state index in [9.17, 15) is 0 Å². The molecule has 0 atom stereocenters. The molecule has 92 valence electrons. The first-order chi connectivity index (χ1) is 8.33. The number of aromatic hydroxyl groups is 1. The number of hydrogen-bond acceptors (Lipinski definition) is 6. The number of oxime groups is 2. The minimum absolute atomic E-state index is 0.227. The summed E-state index contributed by atoms with van der Waals surface area (Å²) in [6, 6.07) is 6.77. The van der Waals surface area contributed by atoms with Gasteiger partial charge in [-0.25, -0.2) is 0 Å². The quantitative estimate of drug-likeness (QED) is 0.623. The summed E-state index contributed by atoms with van der Waals surface area (Å²) in [5, 5.41) is 15.9. The molecule has 1 aliphatic rings. The Labute approximate surface area is 99.1 Å². The van der Waals surface area contributed by atoms with E-state index in [1.807, 2.05) is 6.07 Å². The molecular weight excluding hydrogens is 224 g/mol. The number of ether oxygens (including phenoxy) is 1. The Morgan fingerprint density at radius 1 is 1.47 bits per heavy atom. The van der Waals surface area contributed by atoms with Gasteiger partial charge in [0.25, 0.3) is 0 Å². The van der Waals surface area contributed by atoms with Crippen molar-refractivity contribution in [1.29, 1.82) is 0 Å². The maximum atomic E-state index is 9.01. The molecule has 17 heavy (non-hydrogen) atoms. The molecule has 0 aliphatic carbocycles. The molecule has 0 aromatic heterocycles. The lowest BCUT2D eigenvalue weighted by atomic mass is 10.2. The van der Waals surface area contributed by atoms with Crippen molar-refractivity contribution in [3.8, 4) is 5.75 Å². The van der Waals surface area contributed by atoms with Crippen molar-refractivity contribution in [2.24, 2.45) is 10.3 Å². The molecule has 1 heterocycles. The molecule has 2 rings (SSSR count). The first-order valence-corrected chi connectivity index (χ1v) is 4.94. The lowest BCUT2D eigenvalue weighted by molar-refractivity contribution is 0.0719. The highest BCUT2D eigenvalue weighted by atomic mass is 16.7. The van der Waals surface area contributed by atoms with Crippen LogP contribution in [0.25, 0.3) is 0 Å². The lowest BCUT2D eigenvalue weighted by Crippen LogP contribution is -2.04. The summed E-state index contributed by atoms with van der Waals surface area (Å²) in [5.74, 6) is 0.227. The maximum Gasteiger partial charge on any atom is 0.212 e. The van der Waals surface area contributed by atoms with Gasteiger partial charge in [-0.15, -0.1) is 0 Å². The van der Waals surface area contributed by atoms with Crippen LogP contribution in [0.4, 0.5) is 0 Å². The minimum atomic E-state index is 0.227. The molecular formula is C11H14N2O4. The molecule has 0 saturated heterocycles. The molecule has 0 spiro atoms. The molecule has 6 heteroatoms. The van der Waals surface area contributed by atoms with Crippen LogP contribution in [0.1, 0.15) is 5.56 Å². The van der Waals surface area contributed by atoms with Crippen LogP contribution in [-0.2, 0) is 14.4 Å². The van der Waals surface area contributed by atoms with Gasteiger partial charge in [-0.1, -0.05) is 22.4 Å². The zero-order valence-electron chi connectivity index (χ0n) is 9.44. The van der Waals surface area contributed by atoms with Gasteiger partial charge in [0.15, 0.2) is 6.61 Å². The summed E-state index contributed by atoms with van der Waals surface area (Å²) in [5.41, 5.74) is 0.812. The maximum absolute atomic E-state index is 9.01. The topological polar surface area (TPSA) is 72.6 Å². The fraction of sp³-hybridized carbons (Fsp3) is 0.273. The largest absolute Gasteiger partial charge is 0.508 e. The van der Waals surface area contributed by atoms with E-state index in [-0.39, 0.29) is 5.75 Å². The van der Waals surface area contributed by atoms with Crippen LogP contribution >= 0.6 is 0 Å². The van der Waals surface area contributed by atoms with E-state index in [0.29, 0.717) is 13.2 Å². The van der Waals surface area contributed by atoms with Crippen molar-refractivity contribution in [1.82, 2.24) is 0 Å². The monoisotopic (exact) mass is 238 g/mol. The van der Waals surface area contributed by atoms with Gasteiger partial charge in [-0.2, -0.15) is 0 Å². The van der Waals surface area contributed by atoms with Gasteiger partial charge in [0.05, 0.1) is 6.21 Å². The summed E-state index contributed by atoms with van der Waals surface area (Å²) in [6.07, 6.45) is 2.82. The highest BCUT2D eigenvalue weighted by molar-refractivity contribution is 5.79. The number of phenols is 1. The fourth-order valence-corrected chi connectivity index (χ4v) is 0.970. The Hall–Kier alpha value is -2.24. The Morgan fingerprint density at radius 3 is 2.82 bits per heavy atom. The molecule has 6 nitrogen and oxygen atoms in total. The second-order valence-corrected chi connectivity index (χ2v) is 2.93. The van der Waals surface area contributed by atoms with Gasteiger partial charge in [0, 0.05) is 0 Å². The molecule has 1 aromatic carbocycles. The Kier molecular flexibility index (Phi) is 6.02. The van der Waals surface area contributed by atoms with Gasteiger partial charge in [-0.3, -0.25) is 0 Å². The summed E-state index contributed by atoms with van der Waals surface area (Å²) >= 11 is 0. The number of hydrogen-bond donors (Lipinski definition) is 1. The van der Waals surface area contributed by atoms with E-state index in [4.69, 9.17) is 5.11 Å². The van der Waals surface area contributed by atoms with Gasteiger partial charge in [0.1, 0.15) is 19.5 Å². The molecule has 0 saturated carbocycles. The molecule has 0 fully saturated rings. The van der Waals surface area contributed by atoms with Crippen LogP contribution in [0.3, 0.4) is 0 Å². The van der Waals surface area contributed by atoms with E-state index in [0.717, 1.165) is 5.56 Å². The molecule has 1 aliphatic heterocycles. The second-order valence-electron chi connectivity index (χ2n) is 2.93. The van der Waals surface area contributed by atoms with Crippen LogP contribution in [-0.4, -0.2) is 38.0 Å². The Morgan fingerprint density at radius 2 is 2.35 bits per heavy atom. The van der Waals surface area contributed by atoms with Crippen LogP contribution in [0.15, 0.2) is 34.6 Å². The number of benzene rings is 1. The third-order valence-electron chi connectivity index (χ3n) is 1.66. The average molecular weight is 238 g/mol. The van der Waals surface area contributed by atoms with Crippen molar-refractivity contribution < 1.29 is 19.5 Å². The molecule has 0 radical (unpaired) electrons. The van der Waals surface area contributed by atoms with E-state index >= 15 is 0 Å². The van der Waals surface area contributed by atoms with Crippen LogP contribution in [0.2, 0.25) is 0 Å². The predicted octanol–water partition coefficient (Wildman–Crippen LogP) is 1.35. The zero-order chi connectivity index (χ0) is 12.3. The molecule has 0 amide bonds. The summed E-state index contributed by atoms with van der Waals surface area (Å²) in [7, 11) is 1.47. The zero-order valence-corrected chi connectivity index (χ0v) is 9.44. The summed E-state index contributed by atoms with van der Waals surface area (Å²) < 4.78 is 4.65. The van der Waals surface area contributed by atoms with Gasteiger partial charge >= 0.3 is 0 Å². The van der Waals surface area contributed by atoms with Crippen molar-refractivity contribution in [2.45, 2.75) is 0 Å². The number of phenolic OH excluding ortho intramolecular Hbond substituents is 1. The SMILES string of the molecule is C1=NOCCO1.CO/N=C/c1cccc(O)c1. The van der Waals surface area contributed by atoms with Crippen molar-refractivity contribution in [3.63, 3.8) is 0 Å². The van der Waals surface area contributed by atoms with Gasteiger partial charge in [0.2, 0.25) is 6.40 Å². The highest BCUT2D eigenvalue weighted by Crippen LogP contribution is 2.08. The Balaban J connectivity index is 0.000000202. The molecule has 1 N–H and O–H groups in total. The highest BCUT2D eigenvalue weighted by Gasteiger charge is 1.88. The van der Waals surface area contributed by atoms with Gasteiger partial charge < -0.3 is 19.5 Å². The average Bonchev–Trinajstić information content (AvgIpc) is 2.39. The number of nitrogens with zero attached hydrogens (tertiary/aromatic N) is 2. The Bertz CT molecular complexity index is 371. The van der Waals surface area contributed by atoms with Crippen molar-refractivity contribution in [3.05, 3.63) is 29.8 Å². The molecule has 0 unspecified atom stereocenters. The van der Waals surface area contributed by atoms with E-state index < -0.39 is 0 Å². The third kappa shape index (κ3) is 6.03.